The zero-order chi connectivity index (χ0) is 9.84. The predicted molar refractivity (Wildman–Crippen MR) is 46.0 cm³/mol. The molecule has 0 spiro atoms. The fraction of sp³-hybridized carbons (Fsp3) is 0.875. The Kier molecular flexibility index (Phi) is 3.48. The van der Waals surface area contributed by atoms with Gasteiger partial charge in [0.15, 0.2) is 0 Å². The molecule has 1 aliphatic rings. The number of halogens is 1. The van der Waals surface area contributed by atoms with E-state index in [1.54, 1.807) is 0 Å². The van der Waals surface area contributed by atoms with Crippen LogP contribution >= 0.6 is 0 Å². The molecule has 1 fully saturated rings. The van der Waals surface area contributed by atoms with Crippen molar-refractivity contribution in [3.05, 3.63) is 0 Å². The first-order chi connectivity index (χ1) is 6.19. The van der Waals surface area contributed by atoms with Crippen LogP contribution in [-0.4, -0.2) is 43.9 Å². The summed E-state index contributed by atoms with van der Waals surface area (Å²) >= 11 is 0. The number of ether oxygens (including phenoxy) is 1. The molecule has 0 aromatic heterocycles. The maximum Gasteiger partial charge on any atom is 0.409 e. The van der Waals surface area contributed by atoms with Gasteiger partial charge in [-0.1, -0.05) is 0 Å². The van der Waals surface area contributed by atoms with E-state index in [2.05, 4.69) is 4.74 Å². The smallest absolute Gasteiger partial charge is 0.409 e. The van der Waals surface area contributed by atoms with Gasteiger partial charge in [0.25, 0.3) is 0 Å². The van der Waals surface area contributed by atoms with Crippen molar-refractivity contribution >= 4 is 6.09 Å². The van der Waals surface area contributed by atoms with Crippen LogP contribution in [0, 0.1) is 5.92 Å². The number of amides is 1. The highest BCUT2D eigenvalue weighted by Crippen LogP contribution is 2.19. The van der Waals surface area contributed by atoms with Crippen LogP contribution in [0.25, 0.3) is 0 Å². The van der Waals surface area contributed by atoms with Gasteiger partial charge >= 0.3 is 6.09 Å². The third-order valence-electron chi connectivity index (χ3n) is 2.38. The number of piperidine rings is 1. The Morgan fingerprint density at radius 2 is 2.46 bits per heavy atom. The quantitative estimate of drug-likeness (QED) is 0.650. The summed E-state index contributed by atoms with van der Waals surface area (Å²) in [6, 6.07) is 0. The van der Waals surface area contributed by atoms with Crippen LogP contribution in [0.5, 0.6) is 0 Å². The van der Waals surface area contributed by atoms with E-state index >= 15 is 0 Å². The molecule has 1 heterocycles. The van der Waals surface area contributed by atoms with Crippen molar-refractivity contribution in [2.24, 2.45) is 11.7 Å². The van der Waals surface area contributed by atoms with Crippen molar-refractivity contribution in [1.82, 2.24) is 4.90 Å². The first-order valence-electron chi connectivity index (χ1n) is 4.36. The molecule has 2 unspecified atom stereocenters. The highest BCUT2D eigenvalue weighted by molar-refractivity contribution is 5.67. The molecule has 2 N–H and O–H groups in total. The molecule has 5 heteroatoms. The van der Waals surface area contributed by atoms with Crippen molar-refractivity contribution in [2.45, 2.75) is 12.6 Å². The Balaban J connectivity index is 2.49. The van der Waals surface area contributed by atoms with E-state index < -0.39 is 12.3 Å². The van der Waals surface area contributed by atoms with Gasteiger partial charge in [-0.15, -0.1) is 0 Å². The number of hydrogen-bond acceptors (Lipinski definition) is 3. The minimum Gasteiger partial charge on any atom is -0.453 e. The Labute approximate surface area is 76.8 Å². The van der Waals surface area contributed by atoms with Gasteiger partial charge in [-0.05, 0) is 13.0 Å². The van der Waals surface area contributed by atoms with Gasteiger partial charge in [0, 0.05) is 19.0 Å². The third kappa shape index (κ3) is 2.30. The lowest BCUT2D eigenvalue weighted by Crippen LogP contribution is -2.47. The molecule has 0 aromatic rings. The average Bonchev–Trinajstić information content (AvgIpc) is 2.17. The third-order valence-corrected chi connectivity index (χ3v) is 2.38. The highest BCUT2D eigenvalue weighted by atomic mass is 19.1. The zero-order valence-corrected chi connectivity index (χ0v) is 7.70. The first-order valence-corrected chi connectivity index (χ1v) is 4.36. The van der Waals surface area contributed by atoms with Gasteiger partial charge in [0.05, 0.1) is 7.11 Å². The summed E-state index contributed by atoms with van der Waals surface area (Å²) in [7, 11) is 1.32. The molecule has 0 saturated carbocycles. The summed E-state index contributed by atoms with van der Waals surface area (Å²) in [6.07, 6.45) is -0.923. The Morgan fingerprint density at radius 1 is 1.77 bits per heavy atom. The van der Waals surface area contributed by atoms with E-state index in [1.807, 2.05) is 0 Å². The molecular formula is C8H15FN2O2. The predicted octanol–water partition coefficient (Wildman–Crippen LogP) is 0.372. The molecule has 0 aromatic carbocycles. The second kappa shape index (κ2) is 4.41. The standard InChI is InChI=1S/C8H15FN2O2/c1-13-8(12)11-3-2-7(9)6(4-10)5-11/h6-7H,2-5,10H2,1H3. The number of nitrogens with zero attached hydrogens (tertiary/aromatic N) is 1. The summed E-state index contributed by atoms with van der Waals surface area (Å²) in [4.78, 5) is 12.6. The summed E-state index contributed by atoms with van der Waals surface area (Å²) in [5.41, 5.74) is 5.38. The molecule has 13 heavy (non-hydrogen) atoms. The first kappa shape index (κ1) is 10.2. The second-order valence-electron chi connectivity index (χ2n) is 3.22. The van der Waals surface area contributed by atoms with Crippen molar-refractivity contribution in [3.8, 4) is 0 Å². The summed E-state index contributed by atoms with van der Waals surface area (Å²) in [6.45, 7) is 1.06. The lowest BCUT2D eigenvalue weighted by atomic mass is 9.96. The number of nitrogens with two attached hydrogens (primary N) is 1. The van der Waals surface area contributed by atoms with Crippen molar-refractivity contribution in [1.29, 1.82) is 0 Å². The van der Waals surface area contributed by atoms with Crippen molar-refractivity contribution < 1.29 is 13.9 Å². The topological polar surface area (TPSA) is 55.6 Å². The summed E-state index contributed by atoms with van der Waals surface area (Å²) in [5.74, 6) is -0.243. The molecule has 1 aliphatic heterocycles. The maximum absolute atomic E-state index is 13.1. The Hall–Kier alpha value is -0.840. The molecule has 2 atom stereocenters. The second-order valence-corrected chi connectivity index (χ2v) is 3.22. The van der Waals surface area contributed by atoms with E-state index in [1.165, 1.54) is 12.0 Å². The van der Waals surface area contributed by atoms with Gasteiger partial charge in [-0.25, -0.2) is 9.18 Å². The molecule has 1 saturated heterocycles. The average molecular weight is 190 g/mol. The van der Waals surface area contributed by atoms with Crippen LogP contribution in [0.4, 0.5) is 9.18 Å². The molecule has 4 nitrogen and oxygen atoms in total. The number of rotatable bonds is 1. The molecule has 76 valence electrons. The van der Waals surface area contributed by atoms with Crippen molar-refractivity contribution in [2.75, 3.05) is 26.7 Å². The number of likely N-dealkylation sites (tertiary alicyclic amines) is 1. The molecular weight excluding hydrogens is 175 g/mol. The fourth-order valence-corrected chi connectivity index (χ4v) is 1.52. The van der Waals surface area contributed by atoms with Crippen LogP contribution in [0.3, 0.4) is 0 Å². The molecule has 0 bridgehead atoms. The van der Waals surface area contributed by atoms with Crippen LogP contribution in [-0.2, 0) is 4.74 Å². The van der Waals surface area contributed by atoms with Gasteiger partial charge in [-0.2, -0.15) is 0 Å². The Bertz CT molecular complexity index is 189. The maximum atomic E-state index is 13.1. The number of alkyl halides is 1. The minimum absolute atomic E-state index is 0.243. The van der Waals surface area contributed by atoms with Gasteiger partial charge in [0.2, 0.25) is 0 Å². The Morgan fingerprint density at radius 3 is 3.00 bits per heavy atom. The fourth-order valence-electron chi connectivity index (χ4n) is 1.52. The van der Waals surface area contributed by atoms with E-state index in [9.17, 15) is 9.18 Å². The largest absolute Gasteiger partial charge is 0.453 e. The number of hydrogen-bond donors (Lipinski definition) is 1. The van der Waals surface area contributed by atoms with Gasteiger partial charge < -0.3 is 15.4 Å². The van der Waals surface area contributed by atoms with E-state index in [0.717, 1.165) is 0 Å². The van der Waals surface area contributed by atoms with E-state index in [-0.39, 0.29) is 12.5 Å². The number of carbonyl (C=O) groups excluding carboxylic acids is 1. The SMILES string of the molecule is COC(=O)N1CCC(F)C(CN)C1. The molecule has 1 amide bonds. The van der Waals surface area contributed by atoms with Gasteiger partial charge in [-0.3, -0.25) is 0 Å². The molecule has 0 radical (unpaired) electrons. The monoisotopic (exact) mass is 190 g/mol. The van der Waals surface area contributed by atoms with Crippen LogP contribution in [0.2, 0.25) is 0 Å². The number of carbonyl (C=O) groups is 1. The van der Waals surface area contributed by atoms with Gasteiger partial charge in [0.1, 0.15) is 6.17 Å². The van der Waals surface area contributed by atoms with E-state index in [0.29, 0.717) is 19.5 Å². The van der Waals surface area contributed by atoms with Crippen LogP contribution in [0.1, 0.15) is 6.42 Å². The molecule has 0 aliphatic carbocycles. The summed E-state index contributed by atoms with van der Waals surface area (Å²) in [5, 5.41) is 0. The van der Waals surface area contributed by atoms with Crippen LogP contribution < -0.4 is 5.73 Å². The summed E-state index contributed by atoms with van der Waals surface area (Å²) < 4.78 is 17.7. The van der Waals surface area contributed by atoms with Crippen LogP contribution in [0.15, 0.2) is 0 Å². The zero-order valence-electron chi connectivity index (χ0n) is 7.70. The lowest BCUT2D eigenvalue weighted by Gasteiger charge is -2.33. The van der Waals surface area contributed by atoms with Crippen molar-refractivity contribution in [3.63, 3.8) is 0 Å². The highest BCUT2D eigenvalue weighted by Gasteiger charge is 2.30. The minimum atomic E-state index is -0.883. The van der Waals surface area contributed by atoms with E-state index in [4.69, 9.17) is 5.73 Å². The number of methoxy groups -OCH3 is 1. The normalized spacial score (nSPS) is 28.7. The molecule has 1 rings (SSSR count). The lowest BCUT2D eigenvalue weighted by molar-refractivity contribution is 0.0710.